The standard InChI is InChI=1S/C14H13F4N3O3/c1-7(19-6-22)5-23-11-4-9(3-10(15)8(11)2)12-20-13(24-21-12)14(16,17)18/h3-4,6-7H,5H2,1-2H3,(H,19,22). The van der Waals surface area contributed by atoms with Crippen molar-refractivity contribution in [3.8, 4) is 17.1 Å². The molecule has 2 aromatic rings. The molecule has 6 nitrogen and oxygen atoms in total. The van der Waals surface area contributed by atoms with Crippen LogP contribution < -0.4 is 10.1 Å². The van der Waals surface area contributed by atoms with E-state index in [0.29, 0.717) is 6.41 Å². The van der Waals surface area contributed by atoms with E-state index in [1.807, 2.05) is 0 Å². The number of alkyl halides is 3. The third kappa shape index (κ3) is 4.00. The van der Waals surface area contributed by atoms with E-state index in [4.69, 9.17) is 4.74 Å². The first-order chi connectivity index (χ1) is 11.2. The van der Waals surface area contributed by atoms with Crippen LogP contribution in [-0.4, -0.2) is 29.2 Å². The fraction of sp³-hybridized carbons (Fsp3) is 0.357. The van der Waals surface area contributed by atoms with Crippen molar-refractivity contribution >= 4 is 6.41 Å². The van der Waals surface area contributed by atoms with Crippen LogP contribution in [0.15, 0.2) is 16.7 Å². The lowest BCUT2D eigenvalue weighted by molar-refractivity contribution is -0.159. The van der Waals surface area contributed by atoms with E-state index in [2.05, 4.69) is 20.0 Å². The summed E-state index contributed by atoms with van der Waals surface area (Å²) in [5, 5.41) is 5.65. The van der Waals surface area contributed by atoms with Gasteiger partial charge in [0.2, 0.25) is 12.2 Å². The summed E-state index contributed by atoms with van der Waals surface area (Å²) in [6, 6.07) is 1.95. The molecule has 1 amide bonds. The maximum absolute atomic E-state index is 14.0. The van der Waals surface area contributed by atoms with Crippen molar-refractivity contribution in [1.82, 2.24) is 15.5 Å². The van der Waals surface area contributed by atoms with Gasteiger partial charge in [0, 0.05) is 11.1 Å². The number of carbonyl (C=O) groups is 1. The monoisotopic (exact) mass is 347 g/mol. The quantitative estimate of drug-likeness (QED) is 0.642. The van der Waals surface area contributed by atoms with Crippen LogP contribution in [0.4, 0.5) is 17.6 Å². The van der Waals surface area contributed by atoms with Gasteiger partial charge in [-0.2, -0.15) is 18.2 Å². The van der Waals surface area contributed by atoms with Crippen molar-refractivity contribution in [2.24, 2.45) is 0 Å². The van der Waals surface area contributed by atoms with E-state index in [1.54, 1.807) is 6.92 Å². The van der Waals surface area contributed by atoms with Gasteiger partial charge in [0.25, 0.3) is 0 Å². The van der Waals surface area contributed by atoms with Crippen LogP contribution in [-0.2, 0) is 11.0 Å². The van der Waals surface area contributed by atoms with E-state index >= 15 is 0 Å². The average Bonchev–Trinajstić information content (AvgIpc) is 2.99. The van der Waals surface area contributed by atoms with E-state index in [0.717, 1.165) is 6.07 Å². The van der Waals surface area contributed by atoms with Crippen molar-refractivity contribution in [3.05, 3.63) is 29.4 Å². The van der Waals surface area contributed by atoms with E-state index in [-0.39, 0.29) is 29.5 Å². The summed E-state index contributed by atoms with van der Waals surface area (Å²) in [6.45, 7) is 3.16. The molecule has 0 bridgehead atoms. The van der Waals surface area contributed by atoms with Crippen LogP contribution in [0.5, 0.6) is 5.75 Å². The van der Waals surface area contributed by atoms with Crippen LogP contribution in [0, 0.1) is 12.7 Å². The molecule has 1 aromatic heterocycles. The molecule has 0 aliphatic rings. The molecule has 0 saturated heterocycles. The average molecular weight is 347 g/mol. The molecule has 0 radical (unpaired) electrons. The van der Waals surface area contributed by atoms with Gasteiger partial charge in [0.1, 0.15) is 18.2 Å². The van der Waals surface area contributed by atoms with Gasteiger partial charge < -0.3 is 14.6 Å². The lowest BCUT2D eigenvalue weighted by atomic mass is 10.1. The number of nitrogens with zero attached hydrogens (tertiary/aromatic N) is 2. The van der Waals surface area contributed by atoms with Crippen LogP contribution in [0.25, 0.3) is 11.4 Å². The highest BCUT2D eigenvalue weighted by Crippen LogP contribution is 2.32. The Hall–Kier alpha value is -2.65. The van der Waals surface area contributed by atoms with Crippen molar-refractivity contribution in [2.45, 2.75) is 26.1 Å². The van der Waals surface area contributed by atoms with Crippen molar-refractivity contribution < 1.29 is 31.6 Å². The molecule has 1 unspecified atom stereocenters. The largest absolute Gasteiger partial charge is 0.491 e. The van der Waals surface area contributed by atoms with Gasteiger partial charge in [0.05, 0.1) is 6.04 Å². The first kappa shape index (κ1) is 17.7. The first-order valence-corrected chi connectivity index (χ1v) is 6.76. The number of amides is 1. The molecule has 0 spiro atoms. The van der Waals surface area contributed by atoms with Crippen molar-refractivity contribution in [3.63, 3.8) is 0 Å². The molecule has 24 heavy (non-hydrogen) atoms. The topological polar surface area (TPSA) is 77.2 Å². The van der Waals surface area contributed by atoms with Gasteiger partial charge in [0.15, 0.2) is 0 Å². The highest BCUT2D eigenvalue weighted by atomic mass is 19.4. The zero-order chi connectivity index (χ0) is 17.9. The molecule has 1 atom stereocenters. The lowest BCUT2D eigenvalue weighted by Gasteiger charge is -2.14. The third-order valence-corrected chi connectivity index (χ3v) is 3.06. The fourth-order valence-corrected chi connectivity index (χ4v) is 1.77. The minimum absolute atomic E-state index is 0.0247. The molecule has 0 fully saturated rings. The summed E-state index contributed by atoms with van der Waals surface area (Å²) in [6.07, 6.45) is -4.29. The Bertz CT molecular complexity index is 731. The molecule has 130 valence electrons. The summed E-state index contributed by atoms with van der Waals surface area (Å²) in [5.74, 6) is -2.53. The summed E-state index contributed by atoms with van der Waals surface area (Å²) in [7, 11) is 0. The molecule has 0 aliphatic carbocycles. The number of carbonyl (C=O) groups excluding carboxylic acids is 1. The normalized spacial score (nSPS) is 12.8. The summed E-state index contributed by atoms with van der Waals surface area (Å²) < 4.78 is 61.0. The molecular weight excluding hydrogens is 334 g/mol. The molecule has 0 saturated carbocycles. The van der Waals surface area contributed by atoms with E-state index < -0.39 is 23.7 Å². The smallest absolute Gasteiger partial charge is 0.471 e. The Balaban J connectivity index is 2.28. The Kier molecular flexibility index (Phi) is 5.05. The number of ether oxygens (including phenoxy) is 1. The maximum Gasteiger partial charge on any atom is 0.471 e. The summed E-state index contributed by atoms with van der Waals surface area (Å²) >= 11 is 0. The molecule has 1 N–H and O–H groups in total. The maximum atomic E-state index is 14.0. The van der Waals surface area contributed by atoms with Crippen LogP contribution in [0.3, 0.4) is 0 Å². The molecular formula is C14H13F4N3O3. The van der Waals surface area contributed by atoms with Crippen LogP contribution in [0.2, 0.25) is 0 Å². The lowest BCUT2D eigenvalue weighted by Crippen LogP contribution is -2.30. The van der Waals surface area contributed by atoms with Gasteiger partial charge in [-0.15, -0.1) is 0 Å². The SMILES string of the molecule is Cc1c(F)cc(-c2noc(C(F)(F)F)n2)cc1OCC(C)NC=O. The number of rotatable bonds is 6. The number of aromatic nitrogens is 2. The minimum atomic E-state index is -4.79. The second kappa shape index (κ2) is 6.85. The second-order valence-electron chi connectivity index (χ2n) is 5.00. The number of nitrogens with one attached hydrogen (secondary N) is 1. The first-order valence-electron chi connectivity index (χ1n) is 6.76. The Labute approximate surface area is 133 Å². The third-order valence-electron chi connectivity index (χ3n) is 3.06. The number of hydrogen-bond donors (Lipinski definition) is 1. The van der Waals surface area contributed by atoms with Crippen LogP contribution >= 0.6 is 0 Å². The molecule has 10 heteroatoms. The molecule has 1 aromatic carbocycles. The molecule has 1 heterocycles. The second-order valence-corrected chi connectivity index (χ2v) is 5.00. The number of halogens is 4. The van der Waals surface area contributed by atoms with Gasteiger partial charge in [-0.25, -0.2) is 4.39 Å². The predicted molar refractivity (Wildman–Crippen MR) is 73.6 cm³/mol. The summed E-state index contributed by atoms with van der Waals surface area (Å²) in [5.41, 5.74) is 0.139. The number of hydrogen-bond acceptors (Lipinski definition) is 5. The van der Waals surface area contributed by atoms with Gasteiger partial charge in [-0.3, -0.25) is 4.79 Å². The van der Waals surface area contributed by atoms with Crippen molar-refractivity contribution in [2.75, 3.05) is 6.61 Å². The number of benzene rings is 1. The zero-order valence-corrected chi connectivity index (χ0v) is 12.6. The van der Waals surface area contributed by atoms with Crippen molar-refractivity contribution in [1.29, 1.82) is 0 Å². The summed E-state index contributed by atoms with van der Waals surface area (Å²) in [4.78, 5) is 13.5. The fourth-order valence-electron chi connectivity index (χ4n) is 1.77. The Morgan fingerprint density at radius 3 is 2.71 bits per heavy atom. The highest BCUT2D eigenvalue weighted by Gasteiger charge is 2.38. The van der Waals surface area contributed by atoms with E-state index in [9.17, 15) is 22.4 Å². The predicted octanol–water partition coefficient (Wildman–Crippen LogP) is 2.72. The van der Waals surface area contributed by atoms with Gasteiger partial charge in [-0.1, -0.05) is 5.16 Å². The molecule has 2 rings (SSSR count). The molecule has 0 aliphatic heterocycles. The Morgan fingerprint density at radius 1 is 1.42 bits per heavy atom. The van der Waals surface area contributed by atoms with Gasteiger partial charge >= 0.3 is 12.1 Å². The van der Waals surface area contributed by atoms with Gasteiger partial charge in [-0.05, 0) is 26.0 Å². The van der Waals surface area contributed by atoms with E-state index in [1.165, 1.54) is 13.0 Å². The minimum Gasteiger partial charge on any atom is -0.491 e. The van der Waals surface area contributed by atoms with Crippen LogP contribution in [0.1, 0.15) is 18.4 Å². The Morgan fingerprint density at radius 2 is 2.12 bits per heavy atom. The zero-order valence-electron chi connectivity index (χ0n) is 12.6. The highest BCUT2D eigenvalue weighted by molar-refractivity contribution is 5.59.